The fraction of sp³-hybridized carbons (Fsp3) is 0.937. The standard InChI is InChI=1S/C63H118O12/c1-4-7-10-13-16-19-21-23-25-27-28-30-31-33-35-38-40-43-46-49-55(64)71-52-54(73-56(65)50-47-44-41-37-18-15-12-9-6-3)53-72-63-61(59(68)58(67)60(75-63)62(69)70)74-57(66)51-48-45-42-39-36-34-32-29-26-24-22-20-17-14-11-8-5-2/h54,58-61,63,67-68H,4-53H2,1-3H3,(H,69,70). The summed E-state index contributed by atoms with van der Waals surface area (Å²) in [6, 6.07) is 0. The number of rotatable bonds is 56. The highest BCUT2D eigenvalue weighted by atomic mass is 16.7. The SMILES string of the molecule is CCCCCCCCCCCCCCCCCCCCCC(=O)OCC(COC1OC(C(=O)O)C(O)C(O)C1OC(=O)CCCCCCCCCCCCCCCCCCC)OC(=O)CCCCCCCCCCC. The Hall–Kier alpha value is -2.28. The van der Waals surface area contributed by atoms with Gasteiger partial charge >= 0.3 is 23.9 Å². The molecule has 6 atom stereocenters. The second-order valence-corrected chi connectivity index (χ2v) is 22.4. The van der Waals surface area contributed by atoms with Gasteiger partial charge in [-0.15, -0.1) is 0 Å². The van der Waals surface area contributed by atoms with Crippen LogP contribution < -0.4 is 0 Å². The number of carbonyl (C=O) groups is 4. The van der Waals surface area contributed by atoms with Crippen LogP contribution in [0.25, 0.3) is 0 Å². The maximum absolute atomic E-state index is 13.1. The second-order valence-electron chi connectivity index (χ2n) is 22.4. The summed E-state index contributed by atoms with van der Waals surface area (Å²) in [5.74, 6) is -3.07. The van der Waals surface area contributed by atoms with Gasteiger partial charge in [0.05, 0.1) is 6.61 Å². The van der Waals surface area contributed by atoms with E-state index in [0.717, 1.165) is 57.8 Å². The maximum atomic E-state index is 13.1. The van der Waals surface area contributed by atoms with Gasteiger partial charge in [0.1, 0.15) is 18.8 Å². The molecule has 0 bridgehead atoms. The number of hydrogen-bond acceptors (Lipinski definition) is 11. The molecular formula is C63H118O12. The molecule has 1 heterocycles. The number of unbranched alkanes of at least 4 members (excludes halogenated alkanes) is 42. The summed E-state index contributed by atoms with van der Waals surface area (Å²) < 4.78 is 28.5. The monoisotopic (exact) mass is 1070 g/mol. The summed E-state index contributed by atoms with van der Waals surface area (Å²) in [6.45, 7) is 6.03. The molecule has 1 saturated heterocycles. The lowest BCUT2D eigenvalue weighted by molar-refractivity contribution is -0.301. The fourth-order valence-electron chi connectivity index (χ4n) is 10.3. The Labute approximate surface area is 459 Å². The quantitative estimate of drug-likeness (QED) is 0.0299. The third-order valence-corrected chi connectivity index (χ3v) is 15.2. The van der Waals surface area contributed by atoms with Gasteiger partial charge < -0.3 is 39.0 Å². The van der Waals surface area contributed by atoms with Crippen molar-refractivity contribution in [3.05, 3.63) is 0 Å². The van der Waals surface area contributed by atoms with Gasteiger partial charge in [0.2, 0.25) is 0 Å². The Morgan fingerprint density at radius 3 is 1.00 bits per heavy atom. The lowest BCUT2D eigenvalue weighted by Gasteiger charge is -2.40. The molecule has 0 aliphatic carbocycles. The van der Waals surface area contributed by atoms with E-state index in [1.165, 1.54) is 212 Å². The predicted octanol–water partition coefficient (Wildman–Crippen LogP) is 16.7. The minimum absolute atomic E-state index is 0.0710. The number of aliphatic hydroxyl groups excluding tert-OH is 2. The van der Waals surface area contributed by atoms with Crippen molar-refractivity contribution in [2.75, 3.05) is 13.2 Å². The molecule has 0 saturated carbocycles. The van der Waals surface area contributed by atoms with Crippen molar-refractivity contribution in [2.24, 2.45) is 0 Å². The van der Waals surface area contributed by atoms with E-state index in [1.807, 2.05) is 0 Å². The Bertz CT molecular complexity index is 1310. The highest BCUT2D eigenvalue weighted by Crippen LogP contribution is 2.27. The zero-order valence-corrected chi connectivity index (χ0v) is 48.8. The summed E-state index contributed by atoms with van der Waals surface area (Å²) >= 11 is 0. The first kappa shape index (κ1) is 70.7. The van der Waals surface area contributed by atoms with Gasteiger partial charge in [-0.05, 0) is 19.3 Å². The van der Waals surface area contributed by atoms with Crippen LogP contribution in [0.2, 0.25) is 0 Å². The average molecular weight is 1070 g/mol. The molecule has 1 fully saturated rings. The predicted molar refractivity (Wildman–Crippen MR) is 304 cm³/mol. The molecular weight excluding hydrogens is 949 g/mol. The Morgan fingerprint density at radius 2 is 0.680 bits per heavy atom. The number of esters is 3. The lowest BCUT2D eigenvalue weighted by atomic mass is 9.98. The van der Waals surface area contributed by atoms with Gasteiger partial charge in [-0.2, -0.15) is 0 Å². The summed E-state index contributed by atoms with van der Waals surface area (Å²) in [5, 5.41) is 31.5. The van der Waals surface area contributed by atoms with Crippen molar-refractivity contribution < 1.29 is 58.2 Å². The zero-order valence-electron chi connectivity index (χ0n) is 48.8. The van der Waals surface area contributed by atoms with Gasteiger partial charge in [-0.3, -0.25) is 14.4 Å². The molecule has 12 nitrogen and oxygen atoms in total. The van der Waals surface area contributed by atoms with E-state index in [-0.39, 0.29) is 25.9 Å². The molecule has 0 spiro atoms. The van der Waals surface area contributed by atoms with Crippen molar-refractivity contribution in [2.45, 2.75) is 366 Å². The fourth-order valence-corrected chi connectivity index (χ4v) is 10.3. The van der Waals surface area contributed by atoms with E-state index in [0.29, 0.717) is 19.3 Å². The smallest absolute Gasteiger partial charge is 0.335 e. The average Bonchev–Trinajstić information content (AvgIpc) is 3.39. The Balaban J connectivity index is 2.56. The highest BCUT2D eigenvalue weighted by molar-refractivity contribution is 5.74. The number of aliphatic hydroxyl groups is 2. The zero-order chi connectivity index (χ0) is 54.7. The molecule has 0 aromatic carbocycles. The van der Waals surface area contributed by atoms with Gasteiger partial charge in [0.25, 0.3) is 0 Å². The number of ether oxygens (including phenoxy) is 5. The van der Waals surface area contributed by atoms with Crippen LogP contribution in [0.3, 0.4) is 0 Å². The van der Waals surface area contributed by atoms with Crippen LogP contribution in [0.4, 0.5) is 0 Å². The normalized spacial score (nSPS) is 18.0. The number of aliphatic carboxylic acids is 1. The minimum atomic E-state index is -1.89. The summed E-state index contributed by atoms with van der Waals surface area (Å²) in [6.07, 6.45) is 45.1. The van der Waals surface area contributed by atoms with Crippen LogP contribution in [0.15, 0.2) is 0 Å². The third kappa shape index (κ3) is 42.4. The third-order valence-electron chi connectivity index (χ3n) is 15.2. The molecule has 12 heteroatoms. The van der Waals surface area contributed by atoms with Crippen LogP contribution in [-0.2, 0) is 42.9 Å². The molecule has 6 unspecified atom stereocenters. The number of carbonyl (C=O) groups excluding carboxylic acids is 3. The first-order valence-corrected chi connectivity index (χ1v) is 32.0. The largest absolute Gasteiger partial charge is 0.479 e. The van der Waals surface area contributed by atoms with Crippen LogP contribution in [0.5, 0.6) is 0 Å². The minimum Gasteiger partial charge on any atom is -0.479 e. The van der Waals surface area contributed by atoms with Crippen LogP contribution in [-0.4, -0.2) is 89.2 Å². The van der Waals surface area contributed by atoms with Gasteiger partial charge in [-0.25, -0.2) is 4.79 Å². The lowest BCUT2D eigenvalue weighted by Crippen LogP contribution is -2.61. The van der Waals surface area contributed by atoms with Crippen LogP contribution in [0, 0.1) is 0 Å². The molecule has 0 amide bonds. The van der Waals surface area contributed by atoms with E-state index in [9.17, 15) is 34.5 Å². The number of hydrogen-bond donors (Lipinski definition) is 3. The van der Waals surface area contributed by atoms with Crippen molar-refractivity contribution >= 4 is 23.9 Å². The van der Waals surface area contributed by atoms with E-state index < -0.39 is 67.3 Å². The number of carboxylic acid groups (broad SMARTS) is 1. The molecule has 1 aliphatic heterocycles. The summed E-state index contributed by atoms with van der Waals surface area (Å²) in [5.41, 5.74) is 0. The highest BCUT2D eigenvalue weighted by Gasteiger charge is 2.50. The Morgan fingerprint density at radius 1 is 0.387 bits per heavy atom. The van der Waals surface area contributed by atoms with E-state index in [1.54, 1.807) is 0 Å². The van der Waals surface area contributed by atoms with Gasteiger partial charge in [0, 0.05) is 19.3 Å². The molecule has 3 N–H and O–H groups in total. The van der Waals surface area contributed by atoms with Crippen LogP contribution >= 0.6 is 0 Å². The van der Waals surface area contributed by atoms with E-state index >= 15 is 0 Å². The first-order valence-electron chi connectivity index (χ1n) is 32.0. The molecule has 0 radical (unpaired) electrons. The van der Waals surface area contributed by atoms with Crippen LogP contribution in [0.1, 0.15) is 329 Å². The molecule has 1 aliphatic rings. The number of carboxylic acids is 1. The maximum Gasteiger partial charge on any atom is 0.335 e. The van der Waals surface area contributed by atoms with E-state index in [2.05, 4.69) is 20.8 Å². The topological polar surface area (TPSA) is 175 Å². The second kappa shape index (κ2) is 52.4. The Kier molecular flexibility index (Phi) is 49.4. The molecule has 1 rings (SSSR count). The molecule has 75 heavy (non-hydrogen) atoms. The van der Waals surface area contributed by atoms with Crippen molar-refractivity contribution in [1.29, 1.82) is 0 Å². The van der Waals surface area contributed by atoms with Gasteiger partial charge in [0.15, 0.2) is 24.6 Å². The first-order chi connectivity index (χ1) is 36.6. The molecule has 0 aromatic rings. The van der Waals surface area contributed by atoms with Gasteiger partial charge in [-0.1, -0.05) is 290 Å². The van der Waals surface area contributed by atoms with Crippen molar-refractivity contribution in [3.8, 4) is 0 Å². The molecule has 442 valence electrons. The molecule has 0 aromatic heterocycles. The summed E-state index contributed by atoms with van der Waals surface area (Å²) in [4.78, 5) is 51.1. The van der Waals surface area contributed by atoms with Crippen molar-refractivity contribution in [3.63, 3.8) is 0 Å². The summed E-state index contributed by atoms with van der Waals surface area (Å²) in [7, 11) is 0. The van der Waals surface area contributed by atoms with Crippen molar-refractivity contribution in [1.82, 2.24) is 0 Å². The van der Waals surface area contributed by atoms with E-state index in [4.69, 9.17) is 23.7 Å².